The van der Waals surface area contributed by atoms with Gasteiger partial charge in [0.15, 0.2) is 11.6 Å². The van der Waals surface area contributed by atoms with Crippen molar-refractivity contribution >= 4 is 21.6 Å². The number of halogens is 3. The second kappa shape index (κ2) is 9.35. The van der Waals surface area contributed by atoms with Gasteiger partial charge in [0.05, 0.1) is 12.2 Å². The normalized spacial score (nSPS) is 20.3. The molecule has 2 unspecified atom stereocenters. The van der Waals surface area contributed by atoms with Crippen molar-refractivity contribution in [3.63, 3.8) is 0 Å². The van der Waals surface area contributed by atoms with Crippen molar-refractivity contribution in [1.29, 1.82) is 0 Å². The molecule has 2 N–H and O–H groups in total. The third-order valence-corrected chi connectivity index (χ3v) is 6.89. The van der Waals surface area contributed by atoms with Gasteiger partial charge >= 0.3 is 0 Å². The Hall–Kier alpha value is -2.47. The number of amides is 1. The number of carbonyl (C=O) groups is 1. The number of rotatable bonds is 5. The molecular formula is C20H21F3N2O5S. The molecule has 1 aliphatic rings. The summed E-state index contributed by atoms with van der Waals surface area (Å²) in [6.07, 6.45) is -0.967. The van der Waals surface area contributed by atoms with E-state index in [1.54, 1.807) is 0 Å². The summed E-state index contributed by atoms with van der Waals surface area (Å²) in [5.41, 5.74) is -0.245. The smallest absolute Gasteiger partial charge is 0.255 e. The molecule has 0 bridgehead atoms. The molecule has 0 spiro atoms. The van der Waals surface area contributed by atoms with Crippen LogP contribution >= 0.6 is 0 Å². The number of nitrogens with zero attached hydrogens (tertiary/aromatic N) is 1. The minimum Gasteiger partial charge on any atom is -0.390 e. The van der Waals surface area contributed by atoms with Crippen LogP contribution in [0.5, 0.6) is 0 Å². The molecule has 168 valence electrons. The highest BCUT2D eigenvalue weighted by molar-refractivity contribution is 7.89. The Morgan fingerprint density at radius 2 is 1.84 bits per heavy atom. The minimum absolute atomic E-state index is 0.0456. The average Bonchev–Trinajstić information content (AvgIpc) is 2.92. The van der Waals surface area contributed by atoms with Crippen LogP contribution in [0.25, 0.3) is 0 Å². The van der Waals surface area contributed by atoms with Crippen LogP contribution in [-0.4, -0.2) is 56.1 Å². The molecule has 1 heterocycles. The van der Waals surface area contributed by atoms with Crippen LogP contribution in [0.2, 0.25) is 0 Å². The second-order valence-corrected chi connectivity index (χ2v) is 8.98. The molecule has 11 heteroatoms. The molecule has 2 aromatic carbocycles. The summed E-state index contributed by atoms with van der Waals surface area (Å²) in [6, 6.07) is 5.52. The Morgan fingerprint density at radius 3 is 2.52 bits per heavy atom. The van der Waals surface area contributed by atoms with Crippen molar-refractivity contribution in [2.24, 2.45) is 0 Å². The number of hydrogen-bond acceptors (Lipinski definition) is 5. The SMILES string of the molecule is COC1CN(S(=O)(=O)c2cc(C(=O)Nc3ccc(F)c(F)c3)ccc2F)CCCC1O. The van der Waals surface area contributed by atoms with Gasteiger partial charge in [0.25, 0.3) is 5.91 Å². The molecule has 7 nitrogen and oxygen atoms in total. The maximum atomic E-state index is 14.5. The maximum absolute atomic E-state index is 14.5. The van der Waals surface area contributed by atoms with Gasteiger partial charge in [0.2, 0.25) is 10.0 Å². The Labute approximate surface area is 177 Å². The third-order valence-electron chi connectivity index (χ3n) is 5.01. The van der Waals surface area contributed by atoms with Gasteiger partial charge in [-0.3, -0.25) is 4.79 Å². The molecule has 2 aromatic rings. The highest BCUT2D eigenvalue weighted by Gasteiger charge is 2.34. The molecule has 0 radical (unpaired) electrons. The zero-order chi connectivity index (χ0) is 22.8. The third kappa shape index (κ3) is 5.06. The standard InChI is InChI=1S/C20H21F3N2O5S/c1-30-18-11-25(8-2-3-17(18)26)31(28,29)19-9-12(4-6-15(19)22)20(27)24-13-5-7-14(21)16(23)10-13/h4-7,9-10,17-18,26H,2-3,8,11H2,1H3,(H,24,27). The van der Waals surface area contributed by atoms with Gasteiger partial charge in [-0.05, 0) is 43.2 Å². The number of benzene rings is 2. The number of sulfonamides is 1. The fourth-order valence-corrected chi connectivity index (χ4v) is 4.87. The number of nitrogens with one attached hydrogen (secondary N) is 1. The van der Waals surface area contributed by atoms with Gasteiger partial charge in [-0.15, -0.1) is 0 Å². The molecule has 0 saturated carbocycles. The first kappa shape index (κ1) is 23.2. The highest BCUT2D eigenvalue weighted by Crippen LogP contribution is 2.25. The number of hydrogen-bond donors (Lipinski definition) is 2. The van der Waals surface area contributed by atoms with Gasteiger partial charge < -0.3 is 15.2 Å². The van der Waals surface area contributed by atoms with Crippen molar-refractivity contribution in [3.8, 4) is 0 Å². The Morgan fingerprint density at radius 1 is 1.13 bits per heavy atom. The summed E-state index contributed by atoms with van der Waals surface area (Å²) >= 11 is 0. The topological polar surface area (TPSA) is 95.9 Å². The van der Waals surface area contributed by atoms with Gasteiger partial charge in [-0.2, -0.15) is 4.31 Å². The lowest BCUT2D eigenvalue weighted by atomic mass is 10.1. The summed E-state index contributed by atoms with van der Waals surface area (Å²) in [7, 11) is -3.00. The monoisotopic (exact) mass is 458 g/mol. The van der Waals surface area contributed by atoms with Crippen LogP contribution in [-0.2, 0) is 14.8 Å². The number of ether oxygens (including phenoxy) is 1. The molecule has 1 fully saturated rings. The van der Waals surface area contributed by atoms with E-state index in [0.717, 1.165) is 40.7 Å². The fraction of sp³-hybridized carbons (Fsp3) is 0.350. The van der Waals surface area contributed by atoms with Gasteiger partial charge in [-0.25, -0.2) is 21.6 Å². The van der Waals surface area contributed by atoms with E-state index >= 15 is 0 Å². The van der Waals surface area contributed by atoms with Crippen molar-refractivity contribution in [2.75, 3.05) is 25.5 Å². The summed E-state index contributed by atoms with van der Waals surface area (Å²) in [6.45, 7) is -0.130. The van der Waals surface area contributed by atoms with E-state index < -0.39 is 50.5 Å². The van der Waals surface area contributed by atoms with E-state index in [2.05, 4.69) is 5.32 Å². The zero-order valence-corrected chi connectivity index (χ0v) is 17.3. The first-order valence-corrected chi connectivity index (χ1v) is 10.8. The van der Waals surface area contributed by atoms with Crippen molar-refractivity contribution in [3.05, 3.63) is 59.4 Å². The van der Waals surface area contributed by atoms with Crippen LogP contribution in [0.3, 0.4) is 0 Å². The van der Waals surface area contributed by atoms with Gasteiger partial charge in [-0.1, -0.05) is 0 Å². The molecule has 1 saturated heterocycles. The molecule has 1 amide bonds. The summed E-state index contributed by atoms with van der Waals surface area (Å²) in [4.78, 5) is 11.8. The molecule has 0 aliphatic carbocycles. The van der Waals surface area contributed by atoms with Crippen LogP contribution in [0.4, 0.5) is 18.9 Å². The number of aliphatic hydroxyl groups excluding tert-OH is 1. The van der Waals surface area contributed by atoms with E-state index in [0.29, 0.717) is 12.8 Å². The molecule has 2 atom stereocenters. The van der Waals surface area contributed by atoms with E-state index in [1.165, 1.54) is 7.11 Å². The Kier molecular flexibility index (Phi) is 6.99. The van der Waals surface area contributed by atoms with Gasteiger partial charge in [0, 0.05) is 37.5 Å². The number of aliphatic hydroxyl groups is 1. The first-order chi connectivity index (χ1) is 14.6. The highest BCUT2D eigenvalue weighted by atomic mass is 32.2. The van der Waals surface area contributed by atoms with Gasteiger partial charge in [0.1, 0.15) is 10.7 Å². The summed E-state index contributed by atoms with van der Waals surface area (Å²) in [5, 5.41) is 12.3. The van der Waals surface area contributed by atoms with Crippen molar-refractivity contribution in [2.45, 2.75) is 29.9 Å². The van der Waals surface area contributed by atoms with E-state index in [-0.39, 0.29) is 24.3 Å². The maximum Gasteiger partial charge on any atom is 0.255 e. The van der Waals surface area contributed by atoms with Crippen LogP contribution in [0, 0.1) is 17.5 Å². The molecule has 0 aromatic heterocycles. The van der Waals surface area contributed by atoms with E-state index in [9.17, 15) is 31.5 Å². The van der Waals surface area contributed by atoms with E-state index in [1.807, 2.05) is 0 Å². The van der Waals surface area contributed by atoms with Crippen LogP contribution in [0.1, 0.15) is 23.2 Å². The van der Waals surface area contributed by atoms with Crippen LogP contribution in [0.15, 0.2) is 41.3 Å². The second-order valence-electron chi connectivity index (χ2n) is 7.07. The van der Waals surface area contributed by atoms with Crippen molar-refractivity contribution < 1.29 is 36.2 Å². The lowest BCUT2D eigenvalue weighted by molar-refractivity contribution is -0.0140. The fourth-order valence-electron chi connectivity index (χ4n) is 3.28. The molecule has 3 rings (SSSR count). The molecular weight excluding hydrogens is 437 g/mol. The van der Waals surface area contributed by atoms with E-state index in [4.69, 9.17) is 4.74 Å². The number of anilines is 1. The molecule has 31 heavy (non-hydrogen) atoms. The summed E-state index contributed by atoms with van der Waals surface area (Å²) in [5.74, 6) is -4.15. The zero-order valence-electron chi connectivity index (χ0n) is 16.5. The predicted molar refractivity (Wildman–Crippen MR) is 106 cm³/mol. The lowest BCUT2D eigenvalue weighted by Crippen LogP contribution is -2.41. The number of carbonyl (C=O) groups excluding carboxylic acids is 1. The predicted octanol–water partition coefficient (Wildman–Crippen LogP) is 2.52. The Balaban J connectivity index is 1.88. The lowest BCUT2D eigenvalue weighted by Gasteiger charge is -2.25. The minimum atomic E-state index is -4.35. The number of methoxy groups -OCH3 is 1. The van der Waals surface area contributed by atoms with Crippen LogP contribution < -0.4 is 5.32 Å². The largest absolute Gasteiger partial charge is 0.390 e. The quantitative estimate of drug-likeness (QED) is 0.718. The average molecular weight is 458 g/mol. The summed E-state index contributed by atoms with van der Waals surface area (Å²) < 4.78 is 73.1. The first-order valence-electron chi connectivity index (χ1n) is 9.40. The van der Waals surface area contributed by atoms with Crippen molar-refractivity contribution in [1.82, 2.24) is 4.31 Å². The molecule has 1 aliphatic heterocycles. The Bertz CT molecular complexity index is 1080.